The highest BCUT2D eigenvalue weighted by atomic mass is 32.1. The topological polar surface area (TPSA) is 135 Å². The van der Waals surface area contributed by atoms with Gasteiger partial charge in [0.15, 0.2) is 5.11 Å². The number of alkyl halides is 3. The molecular weight excluding hydrogens is 475 g/mol. The zero-order valence-corrected chi connectivity index (χ0v) is 18.8. The number of carbonyl (C=O) groups is 3. The summed E-state index contributed by atoms with van der Waals surface area (Å²) in [6.07, 6.45) is -1.06. The summed E-state index contributed by atoms with van der Waals surface area (Å²) in [6, 6.07) is 5.98. The molecule has 2 aromatic rings. The molecule has 182 valence electrons. The first-order valence-corrected chi connectivity index (χ1v) is 10.5. The molecule has 5 N–H and O–H groups in total. The molecule has 0 saturated heterocycles. The van der Waals surface area contributed by atoms with Crippen molar-refractivity contribution in [2.24, 2.45) is 5.73 Å². The number of ether oxygens (including phenoxy) is 1. The molecule has 1 heterocycles. The number of unbranched alkanes of at least 4 members (excludes halogenated alkanes) is 2. The van der Waals surface area contributed by atoms with E-state index in [1.54, 1.807) is 0 Å². The number of aromatic nitrogens is 1. The average Bonchev–Trinajstić information content (AvgIpc) is 2.76. The first-order chi connectivity index (χ1) is 16.0. The predicted molar refractivity (Wildman–Crippen MR) is 122 cm³/mol. The van der Waals surface area contributed by atoms with Gasteiger partial charge in [-0.3, -0.25) is 19.7 Å². The lowest BCUT2D eigenvalue weighted by Gasteiger charge is -2.17. The summed E-state index contributed by atoms with van der Waals surface area (Å²) < 4.78 is 45.8. The Balaban J connectivity index is 2.12. The molecule has 0 spiro atoms. The molecule has 13 heteroatoms. The van der Waals surface area contributed by atoms with Gasteiger partial charge in [-0.05, 0) is 49.0 Å². The Morgan fingerprint density at radius 2 is 1.88 bits per heavy atom. The second-order valence-corrected chi connectivity index (χ2v) is 7.30. The smallest absolute Gasteiger partial charge is 0.420 e. The van der Waals surface area contributed by atoms with Gasteiger partial charge in [0.05, 0.1) is 17.7 Å². The normalized spacial score (nSPS) is 10.8. The van der Waals surface area contributed by atoms with Crippen molar-refractivity contribution in [1.82, 2.24) is 10.3 Å². The highest BCUT2D eigenvalue weighted by Gasteiger charge is 2.35. The quantitative estimate of drug-likeness (QED) is 0.250. The molecule has 0 aliphatic rings. The molecule has 3 amide bonds. The van der Waals surface area contributed by atoms with Gasteiger partial charge in [-0.2, -0.15) is 13.2 Å². The molecule has 0 bridgehead atoms. The summed E-state index contributed by atoms with van der Waals surface area (Å²) in [5.41, 5.74) is 3.68. The highest BCUT2D eigenvalue weighted by Crippen LogP contribution is 2.38. The summed E-state index contributed by atoms with van der Waals surface area (Å²) in [4.78, 5) is 38.7. The van der Waals surface area contributed by atoms with Gasteiger partial charge in [-0.25, -0.2) is 4.98 Å². The van der Waals surface area contributed by atoms with Crippen molar-refractivity contribution in [3.8, 4) is 5.75 Å². The standard InChI is InChI=1S/C21H22F3N5O4S/c1-2-3-4-10-33-15-8-7-12(11-14(15)21(22,23)24)27-20(34)29-18(31)13-6-5-9-26-17(13)28-19(32)16(25)30/h5-9,11H,2-4,10H2,1H3,(H2,25,30)(H,26,28,32)(H2,27,29,31,34). The molecule has 0 saturated carbocycles. The van der Waals surface area contributed by atoms with E-state index in [-0.39, 0.29) is 34.5 Å². The summed E-state index contributed by atoms with van der Waals surface area (Å²) in [7, 11) is 0. The Bertz CT molecular complexity index is 1080. The fourth-order valence-corrected chi connectivity index (χ4v) is 2.89. The minimum Gasteiger partial charge on any atom is -0.493 e. The number of nitrogens with one attached hydrogen (secondary N) is 3. The van der Waals surface area contributed by atoms with E-state index in [0.717, 1.165) is 18.9 Å². The van der Waals surface area contributed by atoms with Gasteiger partial charge in [0.1, 0.15) is 11.6 Å². The number of hydrogen-bond donors (Lipinski definition) is 4. The number of primary amides is 1. The molecule has 0 fully saturated rings. The van der Waals surface area contributed by atoms with Gasteiger partial charge in [0, 0.05) is 11.9 Å². The molecule has 0 unspecified atom stereocenters. The number of nitrogens with zero attached hydrogens (tertiary/aromatic N) is 1. The molecule has 9 nitrogen and oxygen atoms in total. The molecule has 0 radical (unpaired) electrons. The third kappa shape index (κ3) is 7.69. The van der Waals surface area contributed by atoms with Gasteiger partial charge in [0.25, 0.3) is 5.91 Å². The van der Waals surface area contributed by atoms with E-state index in [1.165, 1.54) is 30.5 Å². The van der Waals surface area contributed by atoms with Gasteiger partial charge in [-0.1, -0.05) is 19.8 Å². The van der Waals surface area contributed by atoms with Crippen LogP contribution in [0.4, 0.5) is 24.7 Å². The number of nitrogens with two attached hydrogens (primary N) is 1. The lowest BCUT2D eigenvalue weighted by molar-refractivity contribution is -0.138. The van der Waals surface area contributed by atoms with Crippen molar-refractivity contribution >= 4 is 46.6 Å². The van der Waals surface area contributed by atoms with Crippen molar-refractivity contribution < 1.29 is 32.3 Å². The number of pyridine rings is 1. The number of amides is 3. The number of thiocarbonyl (C=S) groups is 1. The minimum absolute atomic E-state index is 0.0352. The van der Waals surface area contributed by atoms with Gasteiger partial charge in [0.2, 0.25) is 0 Å². The van der Waals surface area contributed by atoms with Crippen LogP contribution in [0.15, 0.2) is 36.5 Å². The monoisotopic (exact) mass is 497 g/mol. The van der Waals surface area contributed by atoms with E-state index in [1.807, 2.05) is 6.92 Å². The zero-order valence-electron chi connectivity index (χ0n) is 18.0. The van der Waals surface area contributed by atoms with E-state index in [0.29, 0.717) is 6.42 Å². The van der Waals surface area contributed by atoms with Gasteiger partial charge in [-0.15, -0.1) is 0 Å². The molecule has 0 atom stereocenters. The Kier molecular flexibility index (Phi) is 9.30. The maximum atomic E-state index is 13.5. The molecule has 34 heavy (non-hydrogen) atoms. The van der Waals surface area contributed by atoms with Crippen LogP contribution in [0.25, 0.3) is 0 Å². The molecule has 1 aromatic heterocycles. The van der Waals surface area contributed by atoms with Gasteiger partial charge < -0.3 is 21.1 Å². The number of anilines is 2. The van der Waals surface area contributed by atoms with Crippen LogP contribution in [0.2, 0.25) is 0 Å². The molecule has 0 aliphatic heterocycles. The van der Waals surface area contributed by atoms with Crippen molar-refractivity contribution in [1.29, 1.82) is 0 Å². The van der Waals surface area contributed by atoms with Crippen molar-refractivity contribution in [2.75, 3.05) is 17.2 Å². The number of rotatable bonds is 8. The summed E-state index contributed by atoms with van der Waals surface area (Å²) in [6.45, 7) is 2.12. The van der Waals surface area contributed by atoms with Crippen LogP contribution in [0.5, 0.6) is 5.75 Å². The van der Waals surface area contributed by atoms with Crippen LogP contribution in [0.1, 0.15) is 42.1 Å². The van der Waals surface area contributed by atoms with E-state index in [9.17, 15) is 27.6 Å². The number of benzene rings is 1. The SMILES string of the molecule is CCCCCOc1ccc(NC(=S)NC(=O)c2cccnc2NC(=O)C(N)=O)cc1C(F)(F)F. The first kappa shape index (κ1) is 26.5. The van der Waals surface area contributed by atoms with Crippen LogP contribution in [0, 0.1) is 0 Å². The minimum atomic E-state index is -4.67. The van der Waals surface area contributed by atoms with Crippen molar-refractivity contribution in [3.63, 3.8) is 0 Å². The number of hydrogen-bond acceptors (Lipinski definition) is 6. The number of carbonyl (C=O) groups excluding carboxylic acids is 3. The van der Waals surface area contributed by atoms with E-state index >= 15 is 0 Å². The third-order valence-corrected chi connectivity index (χ3v) is 4.49. The van der Waals surface area contributed by atoms with Gasteiger partial charge >= 0.3 is 18.0 Å². The Hall–Kier alpha value is -3.74. The maximum absolute atomic E-state index is 13.5. The van der Waals surface area contributed by atoms with E-state index in [4.69, 9.17) is 22.7 Å². The Morgan fingerprint density at radius 1 is 1.15 bits per heavy atom. The average molecular weight is 497 g/mol. The van der Waals surface area contributed by atoms with E-state index in [2.05, 4.69) is 20.9 Å². The lowest BCUT2D eigenvalue weighted by Crippen LogP contribution is -2.36. The predicted octanol–water partition coefficient (Wildman–Crippen LogP) is 3.22. The van der Waals surface area contributed by atoms with Crippen molar-refractivity contribution in [2.45, 2.75) is 32.4 Å². The molecule has 0 aliphatic carbocycles. The summed E-state index contributed by atoms with van der Waals surface area (Å²) in [5, 5.41) is 6.54. The zero-order chi connectivity index (χ0) is 25.3. The second kappa shape index (κ2) is 11.9. The Morgan fingerprint density at radius 3 is 2.53 bits per heavy atom. The summed E-state index contributed by atoms with van der Waals surface area (Å²) >= 11 is 5.02. The largest absolute Gasteiger partial charge is 0.493 e. The maximum Gasteiger partial charge on any atom is 0.420 e. The van der Waals surface area contributed by atoms with Crippen LogP contribution in [-0.2, 0) is 15.8 Å². The first-order valence-electron chi connectivity index (χ1n) is 10.0. The fraction of sp³-hybridized carbons (Fsp3) is 0.286. The van der Waals surface area contributed by atoms with Crippen LogP contribution < -0.4 is 26.4 Å². The van der Waals surface area contributed by atoms with Crippen LogP contribution >= 0.6 is 12.2 Å². The summed E-state index contributed by atoms with van der Waals surface area (Å²) in [5.74, 6) is -3.88. The highest BCUT2D eigenvalue weighted by molar-refractivity contribution is 7.80. The Labute approximate surface area is 198 Å². The molecule has 1 aromatic carbocycles. The molecular formula is C21H22F3N5O4S. The lowest BCUT2D eigenvalue weighted by atomic mass is 10.1. The third-order valence-electron chi connectivity index (χ3n) is 4.28. The second-order valence-electron chi connectivity index (χ2n) is 6.89. The van der Waals surface area contributed by atoms with Crippen LogP contribution in [-0.4, -0.2) is 34.4 Å². The van der Waals surface area contributed by atoms with Crippen molar-refractivity contribution in [3.05, 3.63) is 47.7 Å². The van der Waals surface area contributed by atoms with E-state index < -0.39 is 29.5 Å². The molecule has 2 rings (SSSR count). The van der Waals surface area contributed by atoms with Crippen LogP contribution in [0.3, 0.4) is 0 Å². The number of halogens is 3. The fourth-order valence-electron chi connectivity index (χ4n) is 2.68.